The van der Waals surface area contributed by atoms with Gasteiger partial charge in [-0.3, -0.25) is 0 Å². The Bertz CT molecular complexity index is 578. The van der Waals surface area contributed by atoms with Gasteiger partial charge in [0.05, 0.1) is 5.75 Å². The van der Waals surface area contributed by atoms with Crippen LogP contribution in [0.15, 0.2) is 30.3 Å². The standard InChI is InChI=1S/C13H17NO4S/c1-14(9-10-19(2,17)18)12-6-4-3-5-11(12)7-8-13(15)16/h3-8H,9-10H2,1-2H3,(H,15,16)/b8-7+. The number of hydrogen-bond donors (Lipinski definition) is 1. The lowest BCUT2D eigenvalue weighted by molar-refractivity contribution is -0.131. The Balaban J connectivity index is 2.90. The van der Waals surface area contributed by atoms with Crippen LogP contribution in [0, 0.1) is 0 Å². The van der Waals surface area contributed by atoms with Crippen LogP contribution in [0.4, 0.5) is 5.69 Å². The third-order valence-electron chi connectivity index (χ3n) is 2.55. The SMILES string of the molecule is CN(CCS(C)(=O)=O)c1ccccc1/C=C/C(=O)O. The second-order valence-corrected chi connectivity index (χ2v) is 6.54. The Morgan fingerprint density at radius 3 is 2.58 bits per heavy atom. The number of rotatable bonds is 6. The fraction of sp³-hybridized carbons (Fsp3) is 0.308. The topological polar surface area (TPSA) is 74.7 Å². The van der Waals surface area contributed by atoms with Crippen molar-refractivity contribution in [1.82, 2.24) is 0 Å². The molecule has 0 bridgehead atoms. The highest BCUT2D eigenvalue weighted by Gasteiger charge is 2.08. The van der Waals surface area contributed by atoms with E-state index in [0.29, 0.717) is 6.54 Å². The first kappa shape index (κ1) is 15.2. The fourth-order valence-corrected chi connectivity index (χ4v) is 2.17. The number of sulfone groups is 1. The van der Waals surface area contributed by atoms with Gasteiger partial charge in [0.25, 0.3) is 0 Å². The van der Waals surface area contributed by atoms with Gasteiger partial charge in [-0.25, -0.2) is 13.2 Å². The van der Waals surface area contributed by atoms with Crippen molar-refractivity contribution < 1.29 is 18.3 Å². The molecule has 0 saturated heterocycles. The number of benzene rings is 1. The maximum atomic E-state index is 11.1. The number of carboxylic acids is 1. The third kappa shape index (κ3) is 5.56. The lowest BCUT2D eigenvalue weighted by Gasteiger charge is -2.20. The number of nitrogens with zero attached hydrogens (tertiary/aromatic N) is 1. The molecular formula is C13H17NO4S. The average molecular weight is 283 g/mol. The second-order valence-electron chi connectivity index (χ2n) is 4.28. The maximum Gasteiger partial charge on any atom is 0.328 e. The Morgan fingerprint density at radius 2 is 2.00 bits per heavy atom. The number of carbonyl (C=O) groups is 1. The minimum absolute atomic E-state index is 0.0560. The molecule has 5 nitrogen and oxygen atoms in total. The van der Waals surface area contributed by atoms with Gasteiger partial charge in [-0.05, 0) is 17.7 Å². The van der Waals surface area contributed by atoms with E-state index in [1.165, 1.54) is 12.3 Å². The summed E-state index contributed by atoms with van der Waals surface area (Å²) in [6, 6.07) is 7.23. The quantitative estimate of drug-likeness (QED) is 0.796. The van der Waals surface area contributed by atoms with E-state index >= 15 is 0 Å². The minimum Gasteiger partial charge on any atom is -0.478 e. The molecule has 1 aromatic rings. The van der Waals surface area contributed by atoms with Crippen molar-refractivity contribution in [3.05, 3.63) is 35.9 Å². The molecular weight excluding hydrogens is 266 g/mol. The van der Waals surface area contributed by atoms with Gasteiger partial charge in [-0.2, -0.15) is 0 Å². The summed E-state index contributed by atoms with van der Waals surface area (Å²) in [6.07, 6.45) is 3.74. The van der Waals surface area contributed by atoms with E-state index < -0.39 is 15.8 Å². The predicted molar refractivity (Wildman–Crippen MR) is 76.1 cm³/mol. The molecule has 0 aromatic heterocycles. The van der Waals surface area contributed by atoms with E-state index in [1.807, 2.05) is 12.1 Å². The summed E-state index contributed by atoms with van der Waals surface area (Å²) < 4.78 is 22.3. The van der Waals surface area contributed by atoms with Gasteiger partial charge in [-0.1, -0.05) is 18.2 Å². The van der Waals surface area contributed by atoms with E-state index in [1.54, 1.807) is 24.1 Å². The molecule has 1 aromatic carbocycles. The van der Waals surface area contributed by atoms with E-state index in [4.69, 9.17) is 5.11 Å². The van der Waals surface area contributed by atoms with Gasteiger partial charge < -0.3 is 10.0 Å². The highest BCUT2D eigenvalue weighted by atomic mass is 32.2. The van der Waals surface area contributed by atoms with Crippen LogP contribution in [0.2, 0.25) is 0 Å². The predicted octanol–water partition coefficient (Wildman–Crippen LogP) is 1.27. The van der Waals surface area contributed by atoms with Gasteiger partial charge >= 0.3 is 5.97 Å². The number of carboxylic acid groups (broad SMARTS) is 1. The monoisotopic (exact) mass is 283 g/mol. The third-order valence-corrected chi connectivity index (χ3v) is 3.48. The first-order valence-electron chi connectivity index (χ1n) is 5.68. The van der Waals surface area contributed by atoms with Crippen molar-refractivity contribution in [1.29, 1.82) is 0 Å². The molecule has 0 amide bonds. The van der Waals surface area contributed by atoms with Gasteiger partial charge in [-0.15, -0.1) is 0 Å². The van der Waals surface area contributed by atoms with Gasteiger partial charge in [0.2, 0.25) is 0 Å². The molecule has 0 radical (unpaired) electrons. The first-order valence-corrected chi connectivity index (χ1v) is 7.74. The molecule has 0 spiro atoms. The summed E-state index contributed by atoms with van der Waals surface area (Å²) >= 11 is 0. The lowest BCUT2D eigenvalue weighted by Crippen LogP contribution is -2.25. The normalized spacial score (nSPS) is 11.7. The van der Waals surface area contributed by atoms with E-state index in [9.17, 15) is 13.2 Å². The molecule has 0 unspecified atom stereocenters. The zero-order valence-corrected chi connectivity index (χ0v) is 11.7. The number of para-hydroxylation sites is 1. The van der Waals surface area contributed by atoms with Crippen LogP contribution in [0.1, 0.15) is 5.56 Å². The van der Waals surface area contributed by atoms with E-state index in [0.717, 1.165) is 17.3 Å². The molecule has 0 fully saturated rings. The fourth-order valence-electron chi connectivity index (χ4n) is 1.56. The molecule has 0 aliphatic carbocycles. The summed E-state index contributed by atoms with van der Waals surface area (Å²) in [5.74, 6) is -0.964. The van der Waals surface area contributed by atoms with Crippen LogP contribution in [0.25, 0.3) is 6.08 Å². The Morgan fingerprint density at radius 1 is 1.37 bits per heavy atom. The molecule has 0 aliphatic rings. The lowest BCUT2D eigenvalue weighted by atomic mass is 10.1. The first-order chi connectivity index (χ1) is 8.79. The minimum atomic E-state index is -3.02. The maximum absolute atomic E-state index is 11.1. The molecule has 0 atom stereocenters. The van der Waals surface area contributed by atoms with Crippen molar-refractivity contribution in [3.63, 3.8) is 0 Å². The van der Waals surface area contributed by atoms with Crippen molar-refractivity contribution in [2.75, 3.05) is 30.5 Å². The summed E-state index contributed by atoms with van der Waals surface area (Å²) in [5, 5.41) is 8.63. The van der Waals surface area contributed by atoms with Crippen LogP contribution in [0.5, 0.6) is 0 Å². The zero-order chi connectivity index (χ0) is 14.5. The van der Waals surface area contributed by atoms with E-state index in [-0.39, 0.29) is 5.75 Å². The highest BCUT2D eigenvalue weighted by molar-refractivity contribution is 7.90. The zero-order valence-electron chi connectivity index (χ0n) is 10.9. The molecule has 0 saturated carbocycles. The largest absolute Gasteiger partial charge is 0.478 e. The van der Waals surface area contributed by atoms with Crippen LogP contribution >= 0.6 is 0 Å². The summed E-state index contributed by atoms with van der Waals surface area (Å²) in [4.78, 5) is 12.3. The van der Waals surface area contributed by atoms with Crippen LogP contribution in [0.3, 0.4) is 0 Å². The molecule has 0 heterocycles. The van der Waals surface area contributed by atoms with Crippen molar-refractivity contribution in [2.24, 2.45) is 0 Å². The summed E-state index contributed by atoms with van der Waals surface area (Å²) in [5.41, 5.74) is 1.53. The summed E-state index contributed by atoms with van der Waals surface area (Å²) in [6.45, 7) is 0.358. The molecule has 6 heteroatoms. The molecule has 0 aliphatic heterocycles. The van der Waals surface area contributed by atoms with Crippen molar-refractivity contribution in [2.45, 2.75) is 0 Å². The Kier molecular flexibility index (Phi) is 5.11. The van der Waals surface area contributed by atoms with Crippen LogP contribution < -0.4 is 4.90 Å². The molecule has 1 N–H and O–H groups in total. The number of anilines is 1. The molecule has 19 heavy (non-hydrogen) atoms. The Labute approximate surface area is 113 Å². The van der Waals surface area contributed by atoms with Crippen molar-refractivity contribution >= 4 is 27.6 Å². The van der Waals surface area contributed by atoms with Gasteiger partial charge in [0.15, 0.2) is 0 Å². The molecule has 1 rings (SSSR count). The molecule has 104 valence electrons. The van der Waals surface area contributed by atoms with Crippen LogP contribution in [-0.4, -0.2) is 45.1 Å². The number of aliphatic carboxylic acids is 1. The van der Waals surface area contributed by atoms with Gasteiger partial charge in [0.1, 0.15) is 9.84 Å². The van der Waals surface area contributed by atoms with E-state index in [2.05, 4.69) is 0 Å². The van der Waals surface area contributed by atoms with Gasteiger partial charge in [0, 0.05) is 31.6 Å². The highest BCUT2D eigenvalue weighted by Crippen LogP contribution is 2.20. The number of hydrogen-bond acceptors (Lipinski definition) is 4. The summed E-state index contributed by atoms with van der Waals surface area (Å²) in [7, 11) is -1.24. The smallest absolute Gasteiger partial charge is 0.328 e. The van der Waals surface area contributed by atoms with Crippen molar-refractivity contribution in [3.8, 4) is 0 Å². The van der Waals surface area contributed by atoms with Crippen LogP contribution in [-0.2, 0) is 14.6 Å². The Hall–Kier alpha value is -1.82. The second kappa shape index (κ2) is 6.38. The average Bonchev–Trinajstić information content (AvgIpc) is 2.33.